The van der Waals surface area contributed by atoms with Crippen molar-refractivity contribution in [1.29, 1.82) is 0 Å². The minimum atomic E-state index is -1.86. The van der Waals surface area contributed by atoms with Gasteiger partial charge in [0.15, 0.2) is 0 Å². The summed E-state index contributed by atoms with van der Waals surface area (Å²) < 4.78 is 24.2. The maximum atomic E-state index is 13.8. The number of benzene rings is 1. The fourth-order valence-corrected chi connectivity index (χ4v) is 2.49. The number of ether oxygens (including phenoxy) is 1. The zero-order valence-electron chi connectivity index (χ0n) is 12.4. The molecule has 0 spiro atoms. The zero-order chi connectivity index (χ0) is 15.3. The van der Waals surface area contributed by atoms with Gasteiger partial charge in [-0.05, 0) is 44.3 Å². The van der Waals surface area contributed by atoms with Crippen LogP contribution in [0.5, 0.6) is 5.75 Å². The van der Waals surface area contributed by atoms with Crippen molar-refractivity contribution < 1.29 is 18.3 Å². The molecule has 0 saturated carbocycles. The number of alkyl halides is 1. The molecule has 1 rings (SSSR count). The van der Waals surface area contributed by atoms with Crippen LogP contribution in [-0.2, 0) is 9.53 Å². The molecule has 1 unspecified atom stereocenters. The third-order valence-electron chi connectivity index (χ3n) is 2.52. The lowest BCUT2D eigenvalue weighted by Crippen LogP contribution is -2.31. The number of hydrogen-bond donors (Lipinski definition) is 1. The van der Waals surface area contributed by atoms with Gasteiger partial charge in [0.05, 0.1) is 12.6 Å². The predicted molar refractivity (Wildman–Crippen MR) is 78.9 cm³/mol. The molecule has 0 aliphatic rings. The molecule has 20 heavy (non-hydrogen) atoms. The van der Waals surface area contributed by atoms with E-state index in [1.807, 2.05) is 0 Å². The lowest BCUT2D eigenvalue weighted by atomic mass is 10.0. The Hall–Kier alpha value is -1.40. The highest BCUT2D eigenvalue weighted by molar-refractivity contribution is 6.70. The van der Waals surface area contributed by atoms with Crippen LogP contribution in [0, 0.1) is 0 Å². The SMILES string of the molecule is CCOC(=O)C(F)[C@H](N)c1ccc(O[Si](C)(C)C)cc1. The Labute approximate surface area is 120 Å². The van der Waals surface area contributed by atoms with E-state index in [-0.39, 0.29) is 6.61 Å². The van der Waals surface area contributed by atoms with Crippen LogP contribution in [0.4, 0.5) is 4.39 Å². The maximum Gasteiger partial charge on any atom is 0.342 e. The summed E-state index contributed by atoms with van der Waals surface area (Å²) in [7, 11) is -1.67. The molecule has 0 amide bonds. The normalized spacial score (nSPS) is 14.5. The summed E-state index contributed by atoms with van der Waals surface area (Å²) >= 11 is 0. The van der Waals surface area contributed by atoms with Gasteiger partial charge < -0.3 is 14.9 Å². The van der Waals surface area contributed by atoms with Crippen molar-refractivity contribution in [3.63, 3.8) is 0 Å². The second kappa shape index (κ2) is 6.85. The first-order valence-corrected chi connectivity index (χ1v) is 10.0. The topological polar surface area (TPSA) is 61.5 Å². The molecule has 0 aliphatic heterocycles. The van der Waals surface area contributed by atoms with E-state index in [4.69, 9.17) is 10.2 Å². The summed E-state index contributed by atoms with van der Waals surface area (Å²) in [5.41, 5.74) is 6.27. The lowest BCUT2D eigenvalue weighted by Gasteiger charge is -2.20. The third-order valence-corrected chi connectivity index (χ3v) is 3.36. The first kappa shape index (κ1) is 16.7. The highest BCUT2D eigenvalue weighted by Gasteiger charge is 2.27. The van der Waals surface area contributed by atoms with E-state index in [9.17, 15) is 9.18 Å². The van der Waals surface area contributed by atoms with E-state index < -0.39 is 26.5 Å². The van der Waals surface area contributed by atoms with Crippen LogP contribution < -0.4 is 10.2 Å². The lowest BCUT2D eigenvalue weighted by molar-refractivity contribution is -0.149. The van der Waals surface area contributed by atoms with Crippen LogP contribution in [0.15, 0.2) is 24.3 Å². The molecule has 112 valence electrons. The van der Waals surface area contributed by atoms with Gasteiger partial charge in [-0.3, -0.25) is 0 Å². The smallest absolute Gasteiger partial charge is 0.342 e. The molecule has 2 atom stereocenters. The van der Waals surface area contributed by atoms with Gasteiger partial charge in [-0.15, -0.1) is 0 Å². The molecule has 1 aromatic carbocycles. The molecule has 0 aromatic heterocycles. The average molecular weight is 299 g/mol. The van der Waals surface area contributed by atoms with Gasteiger partial charge in [0.25, 0.3) is 0 Å². The van der Waals surface area contributed by atoms with Crippen LogP contribution in [0.1, 0.15) is 18.5 Å². The van der Waals surface area contributed by atoms with Crippen LogP contribution in [0.3, 0.4) is 0 Å². The summed E-state index contributed by atoms with van der Waals surface area (Å²) in [6, 6.07) is 5.80. The molecule has 2 N–H and O–H groups in total. The number of rotatable bonds is 6. The third kappa shape index (κ3) is 4.94. The fraction of sp³-hybridized carbons (Fsp3) is 0.500. The molecular weight excluding hydrogens is 277 g/mol. The Morgan fingerprint density at radius 2 is 1.85 bits per heavy atom. The predicted octanol–water partition coefficient (Wildman–Crippen LogP) is 2.80. The summed E-state index contributed by atoms with van der Waals surface area (Å²) in [5.74, 6) is -0.200. The Kier molecular flexibility index (Phi) is 5.70. The molecule has 0 saturated heterocycles. The molecule has 0 heterocycles. The maximum absolute atomic E-state index is 13.8. The molecule has 4 nitrogen and oxygen atoms in total. The second-order valence-corrected chi connectivity index (χ2v) is 9.89. The Balaban J connectivity index is 2.75. The van der Waals surface area contributed by atoms with Crippen LogP contribution in [0.2, 0.25) is 19.6 Å². The number of esters is 1. The molecule has 1 aromatic rings. The summed E-state index contributed by atoms with van der Waals surface area (Å²) in [6.45, 7) is 7.98. The van der Waals surface area contributed by atoms with Crippen molar-refractivity contribution in [1.82, 2.24) is 0 Å². The summed E-state index contributed by atoms with van der Waals surface area (Å²) in [6.07, 6.45) is -1.86. The minimum Gasteiger partial charge on any atom is -0.544 e. The van der Waals surface area contributed by atoms with Crippen molar-refractivity contribution in [2.75, 3.05) is 6.61 Å². The van der Waals surface area contributed by atoms with E-state index >= 15 is 0 Å². The first-order chi connectivity index (χ1) is 9.24. The number of carbonyl (C=O) groups excluding carboxylic acids is 1. The zero-order valence-corrected chi connectivity index (χ0v) is 13.4. The van der Waals surface area contributed by atoms with Crippen molar-refractivity contribution in [3.8, 4) is 5.75 Å². The van der Waals surface area contributed by atoms with Gasteiger partial charge in [0.2, 0.25) is 14.5 Å². The van der Waals surface area contributed by atoms with Crippen LogP contribution in [-0.4, -0.2) is 27.1 Å². The second-order valence-electron chi connectivity index (χ2n) is 5.46. The van der Waals surface area contributed by atoms with Gasteiger partial charge in [0.1, 0.15) is 5.75 Å². The Morgan fingerprint density at radius 1 is 1.30 bits per heavy atom. The molecule has 0 aliphatic carbocycles. The van der Waals surface area contributed by atoms with Crippen molar-refractivity contribution in [3.05, 3.63) is 29.8 Å². The quantitative estimate of drug-likeness (QED) is 0.648. The van der Waals surface area contributed by atoms with E-state index in [2.05, 4.69) is 24.4 Å². The van der Waals surface area contributed by atoms with Gasteiger partial charge in [0, 0.05) is 0 Å². The van der Waals surface area contributed by atoms with Gasteiger partial charge in [-0.1, -0.05) is 12.1 Å². The number of halogens is 1. The highest BCUT2D eigenvalue weighted by atomic mass is 28.4. The molecule has 0 fully saturated rings. The molecule has 0 radical (unpaired) electrons. The van der Waals surface area contributed by atoms with Gasteiger partial charge in [-0.25, -0.2) is 9.18 Å². The van der Waals surface area contributed by atoms with Crippen molar-refractivity contribution in [2.24, 2.45) is 5.73 Å². The molecule has 0 bridgehead atoms. The average Bonchev–Trinajstić information content (AvgIpc) is 2.36. The van der Waals surface area contributed by atoms with E-state index in [0.717, 1.165) is 5.75 Å². The number of nitrogens with two attached hydrogens (primary N) is 1. The van der Waals surface area contributed by atoms with Gasteiger partial charge in [-0.2, -0.15) is 0 Å². The Morgan fingerprint density at radius 3 is 2.30 bits per heavy atom. The summed E-state index contributed by atoms with van der Waals surface area (Å²) in [5, 5.41) is 0. The van der Waals surface area contributed by atoms with Crippen LogP contribution >= 0.6 is 0 Å². The van der Waals surface area contributed by atoms with E-state index in [1.165, 1.54) is 0 Å². The first-order valence-electron chi connectivity index (χ1n) is 6.60. The summed E-state index contributed by atoms with van der Waals surface area (Å²) in [4.78, 5) is 11.3. The van der Waals surface area contributed by atoms with E-state index in [1.54, 1.807) is 31.2 Å². The van der Waals surface area contributed by atoms with Crippen LogP contribution in [0.25, 0.3) is 0 Å². The Bertz CT molecular complexity index is 445. The number of carbonyl (C=O) groups is 1. The standard InChI is InChI=1S/C14H22FNO3Si/c1-5-18-14(17)12(15)13(16)10-6-8-11(9-7-10)19-20(2,3)4/h6-9,12-13H,5,16H2,1-4H3/t12?,13-/m1/s1. The fourth-order valence-electron chi connectivity index (χ4n) is 1.65. The molecular formula is C14H22FNO3Si. The van der Waals surface area contributed by atoms with Crippen molar-refractivity contribution >= 4 is 14.3 Å². The molecule has 6 heteroatoms. The minimum absolute atomic E-state index is 0.134. The van der Waals surface area contributed by atoms with Crippen molar-refractivity contribution in [2.45, 2.75) is 38.8 Å². The number of hydrogen-bond acceptors (Lipinski definition) is 4. The monoisotopic (exact) mass is 299 g/mol. The highest BCUT2D eigenvalue weighted by Crippen LogP contribution is 2.22. The largest absolute Gasteiger partial charge is 0.544 e. The van der Waals surface area contributed by atoms with E-state index in [0.29, 0.717) is 5.56 Å². The van der Waals surface area contributed by atoms with Gasteiger partial charge >= 0.3 is 5.97 Å².